The van der Waals surface area contributed by atoms with Crippen molar-refractivity contribution in [3.63, 3.8) is 0 Å². The van der Waals surface area contributed by atoms with E-state index in [0.29, 0.717) is 11.3 Å². The number of anilines is 1. The van der Waals surface area contributed by atoms with Crippen molar-refractivity contribution in [1.29, 1.82) is 5.26 Å². The number of imidazole rings is 1. The first kappa shape index (κ1) is 20.3. The van der Waals surface area contributed by atoms with E-state index < -0.39 is 29.8 Å². The monoisotopic (exact) mass is 452 g/mol. The maximum atomic E-state index is 14.8. The molecule has 5 heterocycles. The minimum atomic E-state index is -3.22. The molecule has 1 aliphatic rings. The third kappa shape index (κ3) is 3.67. The summed E-state index contributed by atoms with van der Waals surface area (Å²) in [6.45, 7) is -0.857. The number of rotatable bonds is 4. The molecule has 166 valence electrons. The standard InChI is InChI=1S/C20H14F2N8O3/c21-20(22)10-29(9-15(20)33-16-2-1-11(6-23)7-25-16)14-5-13(28-30-4-3-24-17(14)30)12-8-26-19(32)27-18(12)31/h1-5,7-8,15H,9-10H2,(H2,26,27,31,32). The molecular formula is C20H14F2N8O3. The molecule has 0 aliphatic carbocycles. The number of aromatic nitrogens is 6. The zero-order valence-corrected chi connectivity index (χ0v) is 16.7. The van der Waals surface area contributed by atoms with Crippen LogP contribution in [0.25, 0.3) is 16.9 Å². The van der Waals surface area contributed by atoms with Crippen LogP contribution in [-0.4, -0.2) is 54.7 Å². The fraction of sp³-hybridized carbons (Fsp3) is 0.200. The fourth-order valence-electron chi connectivity index (χ4n) is 3.59. The zero-order valence-electron chi connectivity index (χ0n) is 16.7. The van der Waals surface area contributed by atoms with Crippen LogP contribution in [0, 0.1) is 11.3 Å². The van der Waals surface area contributed by atoms with E-state index in [9.17, 15) is 18.4 Å². The molecule has 2 N–H and O–H groups in total. The summed E-state index contributed by atoms with van der Waals surface area (Å²) >= 11 is 0. The highest BCUT2D eigenvalue weighted by molar-refractivity contribution is 5.74. The van der Waals surface area contributed by atoms with Crippen LogP contribution in [0.5, 0.6) is 5.88 Å². The van der Waals surface area contributed by atoms with Crippen molar-refractivity contribution in [2.75, 3.05) is 18.0 Å². The maximum Gasteiger partial charge on any atom is 0.325 e. The second-order valence-electron chi connectivity index (χ2n) is 7.34. The van der Waals surface area contributed by atoms with Crippen molar-refractivity contribution in [2.45, 2.75) is 12.0 Å². The van der Waals surface area contributed by atoms with Gasteiger partial charge in [0, 0.05) is 30.9 Å². The van der Waals surface area contributed by atoms with E-state index in [1.165, 1.54) is 52.4 Å². The van der Waals surface area contributed by atoms with Gasteiger partial charge in [-0.05, 0) is 12.1 Å². The van der Waals surface area contributed by atoms with Crippen molar-refractivity contribution in [2.24, 2.45) is 0 Å². The van der Waals surface area contributed by atoms with Crippen LogP contribution in [0.4, 0.5) is 14.5 Å². The second-order valence-corrected chi connectivity index (χ2v) is 7.34. The van der Waals surface area contributed by atoms with Gasteiger partial charge in [0.2, 0.25) is 5.88 Å². The lowest BCUT2D eigenvalue weighted by Crippen LogP contribution is -2.36. The Morgan fingerprint density at radius 1 is 1.27 bits per heavy atom. The Morgan fingerprint density at radius 2 is 2.12 bits per heavy atom. The molecule has 11 nitrogen and oxygen atoms in total. The Balaban J connectivity index is 1.51. The molecular weight excluding hydrogens is 438 g/mol. The summed E-state index contributed by atoms with van der Waals surface area (Å²) in [5.74, 6) is -3.25. The van der Waals surface area contributed by atoms with Crippen molar-refractivity contribution in [1.82, 2.24) is 29.5 Å². The van der Waals surface area contributed by atoms with E-state index in [2.05, 4.69) is 25.0 Å². The minimum absolute atomic E-state index is 0.0262. The van der Waals surface area contributed by atoms with Crippen molar-refractivity contribution >= 4 is 11.3 Å². The van der Waals surface area contributed by atoms with Crippen LogP contribution in [0.1, 0.15) is 5.56 Å². The first-order chi connectivity index (χ1) is 15.8. The van der Waals surface area contributed by atoms with E-state index in [1.807, 2.05) is 6.07 Å². The van der Waals surface area contributed by atoms with E-state index >= 15 is 0 Å². The number of nitrogens with one attached hydrogen (secondary N) is 2. The molecule has 0 bridgehead atoms. The molecule has 0 spiro atoms. The van der Waals surface area contributed by atoms with Crippen LogP contribution in [-0.2, 0) is 0 Å². The molecule has 5 rings (SSSR count). The summed E-state index contributed by atoms with van der Waals surface area (Å²) in [6.07, 6.45) is 3.91. The van der Waals surface area contributed by atoms with Gasteiger partial charge in [-0.25, -0.2) is 28.1 Å². The molecule has 0 amide bonds. The van der Waals surface area contributed by atoms with Crippen molar-refractivity contribution < 1.29 is 13.5 Å². The summed E-state index contributed by atoms with van der Waals surface area (Å²) < 4.78 is 36.5. The van der Waals surface area contributed by atoms with Gasteiger partial charge < -0.3 is 14.6 Å². The number of pyridine rings is 1. The van der Waals surface area contributed by atoms with Gasteiger partial charge in [0.15, 0.2) is 11.8 Å². The van der Waals surface area contributed by atoms with Gasteiger partial charge in [-0.15, -0.1) is 0 Å². The third-order valence-corrected chi connectivity index (χ3v) is 5.16. The van der Waals surface area contributed by atoms with Gasteiger partial charge >= 0.3 is 11.6 Å². The van der Waals surface area contributed by atoms with Crippen LogP contribution in [0.15, 0.2) is 52.6 Å². The van der Waals surface area contributed by atoms with Crippen LogP contribution in [0.2, 0.25) is 0 Å². The first-order valence-electron chi connectivity index (χ1n) is 9.66. The molecule has 4 aromatic rings. The Hall–Kier alpha value is -4.60. The summed E-state index contributed by atoms with van der Waals surface area (Å²) in [6, 6.07) is 6.15. The van der Waals surface area contributed by atoms with E-state index in [1.54, 1.807) is 0 Å². The van der Waals surface area contributed by atoms with Crippen LogP contribution >= 0.6 is 0 Å². The zero-order chi connectivity index (χ0) is 23.2. The Labute approximate surface area is 182 Å². The van der Waals surface area contributed by atoms with Gasteiger partial charge in [0.25, 0.3) is 5.56 Å². The van der Waals surface area contributed by atoms with Gasteiger partial charge in [0.1, 0.15) is 11.8 Å². The molecule has 1 fully saturated rings. The van der Waals surface area contributed by atoms with Crippen molar-refractivity contribution in [3.8, 4) is 23.2 Å². The SMILES string of the molecule is N#Cc1ccc(OC2CN(c3cc(-c4c[nH]c(=O)[nH]c4=O)nn4ccnc34)CC2(F)F)nc1. The predicted octanol–water partition coefficient (Wildman–Crippen LogP) is 0.942. The molecule has 1 atom stereocenters. The number of nitriles is 1. The Bertz CT molecular complexity index is 1500. The second kappa shape index (κ2) is 7.52. The molecule has 0 aromatic carbocycles. The Kier molecular flexibility index (Phi) is 4.63. The number of hydrogen-bond acceptors (Lipinski definition) is 8. The number of fused-ring (bicyclic) bond motifs is 1. The molecule has 13 heteroatoms. The summed E-state index contributed by atoms with van der Waals surface area (Å²) in [4.78, 5) is 37.5. The predicted molar refractivity (Wildman–Crippen MR) is 110 cm³/mol. The van der Waals surface area contributed by atoms with Gasteiger partial charge in [0.05, 0.1) is 29.9 Å². The van der Waals surface area contributed by atoms with E-state index in [0.717, 1.165) is 0 Å². The highest BCUT2D eigenvalue weighted by atomic mass is 19.3. The Morgan fingerprint density at radius 3 is 2.85 bits per heavy atom. The van der Waals surface area contributed by atoms with E-state index in [-0.39, 0.29) is 29.2 Å². The lowest BCUT2D eigenvalue weighted by molar-refractivity contribution is -0.0608. The number of halogens is 2. The first-order valence-corrected chi connectivity index (χ1v) is 9.66. The lowest BCUT2D eigenvalue weighted by Gasteiger charge is -2.19. The minimum Gasteiger partial charge on any atom is -0.466 e. The van der Waals surface area contributed by atoms with Gasteiger partial charge in [-0.3, -0.25) is 9.78 Å². The number of aromatic amines is 2. The number of nitrogens with zero attached hydrogens (tertiary/aromatic N) is 6. The topological polar surface area (TPSA) is 145 Å². The van der Waals surface area contributed by atoms with E-state index in [4.69, 9.17) is 10.00 Å². The number of alkyl halides is 2. The lowest BCUT2D eigenvalue weighted by atomic mass is 10.2. The summed E-state index contributed by atoms with van der Waals surface area (Å²) in [5, 5.41) is 13.1. The molecule has 1 saturated heterocycles. The quantitative estimate of drug-likeness (QED) is 0.465. The number of hydrogen-bond donors (Lipinski definition) is 2. The maximum absolute atomic E-state index is 14.8. The molecule has 1 aliphatic heterocycles. The highest BCUT2D eigenvalue weighted by Gasteiger charge is 2.51. The molecule has 0 saturated carbocycles. The fourth-order valence-corrected chi connectivity index (χ4v) is 3.59. The van der Waals surface area contributed by atoms with Crippen LogP contribution in [0.3, 0.4) is 0 Å². The number of H-pyrrole nitrogens is 2. The third-order valence-electron chi connectivity index (χ3n) is 5.16. The molecule has 33 heavy (non-hydrogen) atoms. The van der Waals surface area contributed by atoms with Crippen LogP contribution < -0.4 is 20.9 Å². The largest absolute Gasteiger partial charge is 0.466 e. The van der Waals surface area contributed by atoms with Gasteiger partial charge in [-0.2, -0.15) is 10.4 Å². The summed E-state index contributed by atoms with van der Waals surface area (Å²) in [7, 11) is 0. The average molecular weight is 452 g/mol. The molecule has 0 radical (unpaired) electrons. The summed E-state index contributed by atoms with van der Waals surface area (Å²) in [5.41, 5.74) is -0.214. The normalized spacial score (nSPS) is 17.2. The molecule has 1 unspecified atom stereocenters. The average Bonchev–Trinajstić information content (AvgIpc) is 3.37. The van der Waals surface area contributed by atoms with Gasteiger partial charge in [-0.1, -0.05) is 0 Å². The smallest absolute Gasteiger partial charge is 0.325 e. The number of ether oxygens (including phenoxy) is 1. The van der Waals surface area contributed by atoms with Crippen molar-refractivity contribution in [3.05, 3.63) is 69.4 Å². The molecule has 4 aromatic heterocycles. The highest BCUT2D eigenvalue weighted by Crippen LogP contribution is 2.36.